The molecule has 1 fully saturated rings. The highest BCUT2D eigenvalue weighted by Crippen LogP contribution is 2.34. The first-order valence-electron chi connectivity index (χ1n) is 11.3. The number of nitrogens with zero attached hydrogens (tertiary/aromatic N) is 4. The van der Waals surface area contributed by atoms with Crippen LogP contribution in [0, 0.1) is 12.8 Å². The molecule has 0 radical (unpaired) electrons. The minimum Gasteiger partial charge on any atom is -0.337 e. The van der Waals surface area contributed by atoms with E-state index in [1.165, 1.54) is 16.5 Å². The summed E-state index contributed by atoms with van der Waals surface area (Å²) in [7, 11) is 0. The van der Waals surface area contributed by atoms with Crippen molar-refractivity contribution in [2.45, 2.75) is 32.6 Å². The standard InChI is InChI=1S/C26H24N4O2/c1-16-23(30-14-4-12-27-26(30)28-16)25(32)29-13-3-6-19(15-29)24(31)21-11-10-18-9-8-17-5-2-7-20(21)22(17)18/h2,4-5,7,10-12,14,19H,3,6,8-9,13,15H2,1H3/t19-/m0/s1. The Kier molecular flexibility index (Phi) is 4.35. The van der Waals surface area contributed by atoms with Gasteiger partial charge >= 0.3 is 0 Å². The predicted octanol–water partition coefficient (Wildman–Crippen LogP) is 4.02. The lowest BCUT2D eigenvalue weighted by atomic mass is 9.87. The molecule has 6 nitrogen and oxygen atoms in total. The first-order valence-corrected chi connectivity index (χ1v) is 11.3. The van der Waals surface area contributed by atoms with Gasteiger partial charge in [0.15, 0.2) is 5.78 Å². The summed E-state index contributed by atoms with van der Waals surface area (Å²) in [6.07, 6.45) is 7.20. The fraction of sp³-hybridized carbons (Fsp3) is 0.308. The third-order valence-corrected chi connectivity index (χ3v) is 7.00. The Morgan fingerprint density at radius 3 is 2.78 bits per heavy atom. The highest BCUT2D eigenvalue weighted by molar-refractivity contribution is 6.11. The first kappa shape index (κ1) is 19.2. The number of aromatic nitrogens is 3. The molecule has 3 heterocycles. The van der Waals surface area contributed by atoms with Crippen LogP contribution in [-0.2, 0) is 12.8 Å². The van der Waals surface area contributed by atoms with E-state index in [2.05, 4.69) is 34.2 Å². The quantitative estimate of drug-likeness (QED) is 0.466. The molecular weight excluding hydrogens is 400 g/mol. The molecule has 1 aliphatic carbocycles. The molecule has 2 aliphatic rings. The van der Waals surface area contributed by atoms with Crippen LogP contribution in [0.1, 0.15) is 50.5 Å². The second kappa shape index (κ2) is 7.26. The van der Waals surface area contributed by atoms with E-state index in [1.54, 1.807) is 16.7 Å². The molecular formula is C26H24N4O2. The summed E-state index contributed by atoms with van der Waals surface area (Å²) >= 11 is 0. The number of aryl methyl sites for hydroxylation is 3. The van der Waals surface area contributed by atoms with E-state index in [1.807, 2.05) is 24.1 Å². The van der Waals surface area contributed by atoms with Gasteiger partial charge in [-0.3, -0.25) is 14.0 Å². The maximum absolute atomic E-state index is 13.6. The smallest absolute Gasteiger partial charge is 0.272 e. The van der Waals surface area contributed by atoms with Gasteiger partial charge in [0, 0.05) is 37.0 Å². The Bertz CT molecular complexity index is 1390. The Morgan fingerprint density at radius 2 is 1.91 bits per heavy atom. The number of hydrogen-bond donors (Lipinski definition) is 0. The van der Waals surface area contributed by atoms with Gasteiger partial charge in [-0.1, -0.05) is 30.3 Å². The normalized spacial score (nSPS) is 17.9. The van der Waals surface area contributed by atoms with Crippen LogP contribution in [0.15, 0.2) is 48.8 Å². The molecule has 0 unspecified atom stereocenters. The number of hydrogen-bond acceptors (Lipinski definition) is 4. The van der Waals surface area contributed by atoms with Gasteiger partial charge in [0.25, 0.3) is 5.91 Å². The minimum atomic E-state index is -0.191. The molecule has 2 aromatic carbocycles. The molecule has 1 atom stereocenters. The number of imidazole rings is 1. The lowest BCUT2D eigenvalue weighted by molar-refractivity contribution is 0.0631. The van der Waals surface area contributed by atoms with Crippen LogP contribution in [0.3, 0.4) is 0 Å². The van der Waals surface area contributed by atoms with Crippen molar-refractivity contribution in [3.63, 3.8) is 0 Å². The number of likely N-dealkylation sites (tertiary alicyclic amines) is 1. The maximum atomic E-state index is 13.6. The molecule has 1 amide bonds. The van der Waals surface area contributed by atoms with Crippen LogP contribution in [-0.4, -0.2) is 44.0 Å². The second-order valence-electron chi connectivity index (χ2n) is 8.90. The number of rotatable bonds is 3. The van der Waals surface area contributed by atoms with Crippen molar-refractivity contribution < 1.29 is 9.59 Å². The molecule has 0 saturated carbocycles. The Hall–Kier alpha value is -3.54. The number of piperidine rings is 1. The Morgan fingerprint density at radius 1 is 1.06 bits per heavy atom. The van der Waals surface area contributed by atoms with Gasteiger partial charge in [-0.15, -0.1) is 0 Å². The van der Waals surface area contributed by atoms with Crippen LogP contribution >= 0.6 is 0 Å². The number of fused-ring (bicyclic) bond motifs is 1. The van der Waals surface area contributed by atoms with Crippen molar-refractivity contribution in [3.8, 4) is 0 Å². The van der Waals surface area contributed by atoms with Gasteiger partial charge < -0.3 is 4.90 Å². The molecule has 6 rings (SSSR count). The predicted molar refractivity (Wildman–Crippen MR) is 122 cm³/mol. The summed E-state index contributed by atoms with van der Waals surface area (Å²) in [6.45, 7) is 2.92. The van der Waals surface area contributed by atoms with Crippen molar-refractivity contribution in [3.05, 3.63) is 76.9 Å². The average Bonchev–Trinajstić information content (AvgIpc) is 3.40. The van der Waals surface area contributed by atoms with Crippen molar-refractivity contribution in [1.82, 2.24) is 19.3 Å². The van der Waals surface area contributed by atoms with E-state index in [-0.39, 0.29) is 17.6 Å². The molecule has 4 aromatic rings. The maximum Gasteiger partial charge on any atom is 0.272 e. The molecule has 0 spiro atoms. The van der Waals surface area contributed by atoms with Crippen LogP contribution in [0.5, 0.6) is 0 Å². The van der Waals surface area contributed by atoms with Crippen molar-refractivity contribution >= 4 is 28.2 Å². The molecule has 160 valence electrons. The lowest BCUT2D eigenvalue weighted by Gasteiger charge is -2.32. The fourth-order valence-corrected chi connectivity index (χ4v) is 5.46. The zero-order chi connectivity index (χ0) is 21.8. The summed E-state index contributed by atoms with van der Waals surface area (Å²) in [5.41, 5.74) is 4.66. The van der Waals surface area contributed by atoms with Gasteiger partial charge in [0.05, 0.1) is 5.69 Å². The van der Waals surface area contributed by atoms with Gasteiger partial charge in [-0.05, 0) is 60.6 Å². The number of carbonyl (C=O) groups is 2. The zero-order valence-corrected chi connectivity index (χ0v) is 18.0. The lowest BCUT2D eigenvalue weighted by Crippen LogP contribution is -2.43. The summed E-state index contributed by atoms with van der Waals surface area (Å²) in [6, 6.07) is 12.2. The minimum absolute atomic E-state index is 0.0825. The van der Waals surface area contributed by atoms with E-state index in [0.717, 1.165) is 36.6 Å². The van der Waals surface area contributed by atoms with Gasteiger partial charge in [-0.25, -0.2) is 9.97 Å². The summed E-state index contributed by atoms with van der Waals surface area (Å²) in [5.74, 6) is 0.394. The Balaban J connectivity index is 1.31. The van der Waals surface area contributed by atoms with Crippen LogP contribution in [0.25, 0.3) is 16.6 Å². The van der Waals surface area contributed by atoms with Crippen LogP contribution < -0.4 is 0 Å². The number of Topliss-reactive ketones (excluding diaryl/α,β-unsaturated/α-hetero) is 1. The first-order chi connectivity index (χ1) is 15.6. The van der Waals surface area contributed by atoms with Crippen LogP contribution in [0.2, 0.25) is 0 Å². The molecule has 0 bridgehead atoms. The van der Waals surface area contributed by atoms with Crippen LogP contribution in [0.4, 0.5) is 0 Å². The fourth-order valence-electron chi connectivity index (χ4n) is 5.46. The molecule has 2 aromatic heterocycles. The topological polar surface area (TPSA) is 67.6 Å². The number of benzene rings is 2. The van der Waals surface area contributed by atoms with Gasteiger partial charge in [0.1, 0.15) is 5.69 Å². The summed E-state index contributed by atoms with van der Waals surface area (Å²) in [4.78, 5) is 37.5. The van der Waals surface area contributed by atoms with Crippen molar-refractivity contribution in [2.24, 2.45) is 5.92 Å². The second-order valence-corrected chi connectivity index (χ2v) is 8.90. The van der Waals surface area contributed by atoms with E-state index in [0.29, 0.717) is 30.3 Å². The monoisotopic (exact) mass is 424 g/mol. The van der Waals surface area contributed by atoms with E-state index >= 15 is 0 Å². The van der Waals surface area contributed by atoms with Gasteiger partial charge in [0.2, 0.25) is 5.78 Å². The third-order valence-electron chi connectivity index (χ3n) is 7.00. The molecule has 6 heteroatoms. The molecule has 32 heavy (non-hydrogen) atoms. The molecule has 0 N–H and O–H groups in total. The highest BCUT2D eigenvalue weighted by atomic mass is 16.2. The van der Waals surface area contributed by atoms with E-state index in [9.17, 15) is 9.59 Å². The number of amides is 1. The van der Waals surface area contributed by atoms with E-state index in [4.69, 9.17) is 0 Å². The average molecular weight is 425 g/mol. The number of ketones is 1. The summed E-state index contributed by atoms with van der Waals surface area (Å²) < 4.78 is 1.74. The highest BCUT2D eigenvalue weighted by Gasteiger charge is 2.32. The van der Waals surface area contributed by atoms with Crippen molar-refractivity contribution in [1.29, 1.82) is 0 Å². The zero-order valence-electron chi connectivity index (χ0n) is 18.0. The van der Waals surface area contributed by atoms with Gasteiger partial charge in [-0.2, -0.15) is 0 Å². The molecule has 1 saturated heterocycles. The number of carbonyl (C=O) groups excluding carboxylic acids is 2. The van der Waals surface area contributed by atoms with Crippen molar-refractivity contribution in [2.75, 3.05) is 13.1 Å². The largest absolute Gasteiger partial charge is 0.337 e. The molecule has 1 aliphatic heterocycles. The SMILES string of the molecule is Cc1nc2ncccn2c1C(=O)N1CCC[C@H](C(=O)c2ccc3c4c(cccc24)CC3)C1. The van der Waals surface area contributed by atoms with E-state index < -0.39 is 0 Å². The Labute approximate surface area is 185 Å². The summed E-state index contributed by atoms with van der Waals surface area (Å²) in [5, 5.41) is 2.32. The third kappa shape index (κ3) is 2.86.